The monoisotopic (exact) mass is 404 g/mol. The molecule has 0 bridgehead atoms. The smallest absolute Gasteiger partial charge is 0.299 e. The lowest BCUT2D eigenvalue weighted by Crippen LogP contribution is -2.44. The molecule has 3 aromatic heterocycles. The SMILES string of the molecule is C[C@@H]1COCCN1c1nc2c(cnn2-c2ccn[nH]2)c2c1CCN2S(N)(=O)=O. The summed E-state index contributed by atoms with van der Waals surface area (Å²) in [6, 6.07) is 1.89. The highest BCUT2D eigenvalue weighted by Gasteiger charge is 2.35. The molecule has 0 radical (unpaired) electrons. The Morgan fingerprint density at radius 2 is 2.21 bits per heavy atom. The Morgan fingerprint density at radius 1 is 1.36 bits per heavy atom. The number of pyridine rings is 1. The summed E-state index contributed by atoms with van der Waals surface area (Å²) >= 11 is 0. The van der Waals surface area contributed by atoms with E-state index in [1.54, 1.807) is 23.1 Å². The van der Waals surface area contributed by atoms with Crippen LogP contribution in [-0.4, -0.2) is 65.7 Å². The molecular formula is C16H20N8O3S. The summed E-state index contributed by atoms with van der Waals surface area (Å²) in [6.45, 7) is 4.22. The van der Waals surface area contributed by atoms with Crippen molar-refractivity contribution in [2.75, 3.05) is 35.5 Å². The maximum Gasteiger partial charge on any atom is 0.299 e. The zero-order chi connectivity index (χ0) is 19.5. The Hall–Kier alpha value is -2.70. The van der Waals surface area contributed by atoms with Crippen molar-refractivity contribution in [3.8, 4) is 5.82 Å². The molecule has 1 atom stereocenters. The van der Waals surface area contributed by atoms with Gasteiger partial charge in [-0.3, -0.25) is 9.40 Å². The molecule has 0 aliphatic carbocycles. The summed E-state index contributed by atoms with van der Waals surface area (Å²) in [4.78, 5) is 7.08. The van der Waals surface area contributed by atoms with Crippen molar-refractivity contribution >= 4 is 32.7 Å². The fourth-order valence-electron chi connectivity index (χ4n) is 3.97. The largest absolute Gasteiger partial charge is 0.377 e. The summed E-state index contributed by atoms with van der Waals surface area (Å²) in [7, 11) is -3.91. The molecule has 0 saturated carbocycles. The van der Waals surface area contributed by atoms with Crippen molar-refractivity contribution in [1.82, 2.24) is 25.0 Å². The van der Waals surface area contributed by atoms with Gasteiger partial charge in [-0.1, -0.05) is 0 Å². The van der Waals surface area contributed by atoms with Crippen LogP contribution in [0.2, 0.25) is 0 Å². The molecule has 0 aromatic carbocycles. The van der Waals surface area contributed by atoms with Crippen LogP contribution in [0.15, 0.2) is 18.5 Å². The van der Waals surface area contributed by atoms with Crippen LogP contribution in [0.5, 0.6) is 0 Å². The highest BCUT2D eigenvalue weighted by Crippen LogP contribution is 2.42. The number of nitrogens with zero attached hydrogens (tertiary/aromatic N) is 6. The number of rotatable bonds is 3. The van der Waals surface area contributed by atoms with Crippen molar-refractivity contribution in [2.24, 2.45) is 5.14 Å². The Bertz CT molecular complexity index is 1140. The van der Waals surface area contributed by atoms with E-state index in [1.807, 2.05) is 0 Å². The van der Waals surface area contributed by atoms with Crippen molar-refractivity contribution in [2.45, 2.75) is 19.4 Å². The normalized spacial score (nSPS) is 20.1. The Labute approximate surface area is 161 Å². The fourth-order valence-corrected chi connectivity index (χ4v) is 4.78. The third kappa shape index (κ3) is 2.56. The van der Waals surface area contributed by atoms with Gasteiger partial charge < -0.3 is 9.64 Å². The topological polar surface area (TPSA) is 135 Å². The predicted molar refractivity (Wildman–Crippen MR) is 103 cm³/mol. The van der Waals surface area contributed by atoms with Crippen molar-refractivity contribution in [3.05, 3.63) is 24.0 Å². The van der Waals surface area contributed by atoms with Gasteiger partial charge in [0.2, 0.25) is 0 Å². The summed E-state index contributed by atoms with van der Waals surface area (Å²) in [5.74, 6) is 1.40. The van der Waals surface area contributed by atoms with Crippen LogP contribution in [0.25, 0.3) is 16.9 Å². The third-order valence-electron chi connectivity index (χ3n) is 5.24. The lowest BCUT2D eigenvalue weighted by atomic mass is 10.1. The molecule has 0 amide bonds. The van der Waals surface area contributed by atoms with Crippen LogP contribution in [0.4, 0.5) is 11.5 Å². The molecule has 28 heavy (non-hydrogen) atoms. The second-order valence-corrected chi connectivity index (χ2v) is 8.45. The van der Waals surface area contributed by atoms with Gasteiger partial charge in [0.05, 0.1) is 42.7 Å². The zero-order valence-electron chi connectivity index (χ0n) is 15.2. The van der Waals surface area contributed by atoms with E-state index in [-0.39, 0.29) is 12.6 Å². The van der Waals surface area contributed by atoms with Gasteiger partial charge in [-0.15, -0.1) is 0 Å². The quantitative estimate of drug-likeness (QED) is 0.624. The number of morpholine rings is 1. The Kier molecular flexibility index (Phi) is 3.82. The van der Waals surface area contributed by atoms with E-state index in [2.05, 4.69) is 27.1 Å². The van der Waals surface area contributed by atoms with E-state index in [1.165, 1.54) is 4.31 Å². The summed E-state index contributed by atoms with van der Waals surface area (Å²) in [5, 5.41) is 17.4. The summed E-state index contributed by atoms with van der Waals surface area (Å²) < 4.78 is 32.9. The molecule has 148 valence electrons. The minimum atomic E-state index is -3.91. The number of hydrogen-bond donors (Lipinski definition) is 2. The van der Waals surface area contributed by atoms with Crippen molar-refractivity contribution < 1.29 is 13.2 Å². The van der Waals surface area contributed by atoms with Crippen LogP contribution < -0.4 is 14.3 Å². The minimum Gasteiger partial charge on any atom is -0.377 e. The predicted octanol–water partition coefficient (Wildman–Crippen LogP) is -0.0653. The molecule has 0 unspecified atom stereocenters. The highest BCUT2D eigenvalue weighted by molar-refractivity contribution is 7.90. The molecule has 1 fully saturated rings. The number of H-pyrrole nitrogens is 1. The van der Waals surface area contributed by atoms with Gasteiger partial charge in [-0.05, 0) is 13.3 Å². The lowest BCUT2D eigenvalue weighted by molar-refractivity contribution is 0.0985. The van der Waals surface area contributed by atoms with Gasteiger partial charge in [0.1, 0.15) is 5.82 Å². The third-order valence-corrected chi connectivity index (χ3v) is 6.22. The van der Waals surface area contributed by atoms with E-state index in [4.69, 9.17) is 14.9 Å². The van der Waals surface area contributed by atoms with Crippen LogP contribution in [-0.2, 0) is 21.4 Å². The Morgan fingerprint density at radius 3 is 2.93 bits per heavy atom. The number of anilines is 2. The van der Waals surface area contributed by atoms with E-state index < -0.39 is 10.2 Å². The molecule has 1 saturated heterocycles. The first-order chi connectivity index (χ1) is 13.4. The van der Waals surface area contributed by atoms with Crippen LogP contribution in [0, 0.1) is 0 Å². The molecular weight excluding hydrogens is 384 g/mol. The van der Waals surface area contributed by atoms with Gasteiger partial charge in [0, 0.05) is 24.7 Å². The first-order valence-corrected chi connectivity index (χ1v) is 10.5. The van der Waals surface area contributed by atoms with Crippen LogP contribution in [0.3, 0.4) is 0 Å². The first-order valence-electron chi connectivity index (χ1n) is 9.00. The second-order valence-electron chi connectivity index (χ2n) is 6.98. The fraction of sp³-hybridized carbons (Fsp3) is 0.438. The number of fused-ring (bicyclic) bond motifs is 3. The molecule has 12 heteroatoms. The summed E-state index contributed by atoms with van der Waals surface area (Å²) in [6.07, 6.45) is 3.79. The molecule has 0 spiro atoms. The maximum absolute atomic E-state index is 12.2. The molecule has 2 aliphatic rings. The van der Waals surface area contributed by atoms with Crippen molar-refractivity contribution in [1.29, 1.82) is 0 Å². The van der Waals surface area contributed by atoms with Gasteiger partial charge >= 0.3 is 0 Å². The van der Waals surface area contributed by atoms with Gasteiger partial charge in [-0.2, -0.15) is 23.3 Å². The second kappa shape index (κ2) is 6.15. The molecule has 3 aromatic rings. The molecule has 5 rings (SSSR count). The van der Waals surface area contributed by atoms with Gasteiger partial charge in [0.15, 0.2) is 11.5 Å². The molecule has 3 N–H and O–H groups in total. The first kappa shape index (κ1) is 17.4. The average Bonchev–Trinajstić information content (AvgIpc) is 3.38. The molecule has 11 nitrogen and oxygen atoms in total. The van der Waals surface area contributed by atoms with Crippen LogP contribution in [0.1, 0.15) is 12.5 Å². The zero-order valence-corrected chi connectivity index (χ0v) is 16.1. The number of ether oxygens (including phenoxy) is 1. The molecule has 5 heterocycles. The van der Waals surface area contributed by atoms with Gasteiger partial charge in [-0.25, -0.2) is 10.1 Å². The van der Waals surface area contributed by atoms with E-state index in [0.717, 1.165) is 11.4 Å². The maximum atomic E-state index is 12.2. The minimum absolute atomic E-state index is 0.120. The van der Waals surface area contributed by atoms with E-state index >= 15 is 0 Å². The van der Waals surface area contributed by atoms with E-state index in [9.17, 15) is 8.42 Å². The average molecular weight is 404 g/mol. The Balaban J connectivity index is 1.79. The van der Waals surface area contributed by atoms with Crippen LogP contribution >= 0.6 is 0 Å². The van der Waals surface area contributed by atoms with Gasteiger partial charge in [0.25, 0.3) is 10.2 Å². The number of nitrogens with two attached hydrogens (primary N) is 1. The standard InChI is InChI=1S/C16H20N8O3S/c1-10-9-27-7-6-22(10)15-11-3-5-23(28(17,25)26)14(11)12-8-19-24(16(12)20-15)13-2-4-18-21-13/h2,4,8,10H,3,5-7,9H2,1H3,(H,18,21)(H2,17,25,26)/t10-/m1/s1. The number of hydrogen-bond acceptors (Lipinski definition) is 7. The molecule has 2 aliphatic heterocycles. The van der Waals surface area contributed by atoms with E-state index in [0.29, 0.717) is 48.7 Å². The number of nitrogens with one attached hydrogen (secondary N) is 1. The van der Waals surface area contributed by atoms with Crippen molar-refractivity contribution in [3.63, 3.8) is 0 Å². The highest BCUT2D eigenvalue weighted by atomic mass is 32.2. The number of aromatic amines is 1. The number of aromatic nitrogens is 5. The summed E-state index contributed by atoms with van der Waals surface area (Å²) in [5.41, 5.74) is 1.98. The lowest BCUT2D eigenvalue weighted by Gasteiger charge is -2.35.